The molecule has 0 amide bonds. The lowest BCUT2D eigenvalue weighted by Gasteiger charge is -2.04. The standard InChI is InChI=1S/C23H44O2/c1-4-6-8-9-10-11-12-13-14-15-16-17-18-19-20-22(3)23(24)25-21-7-5-2/h20H,4-19,21H2,1-3H3. The summed E-state index contributed by atoms with van der Waals surface area (Å²) in [6, 6.07) is 0. The zero-order valence-corrected chi connectivity index (χ0v) is 17.4. The van der Waals surface area contributed by atoms with Crippen LogP contribution in [-0.2, 0) is 9.53 Å². The first-order chi connectivity index (χ1) is 12.2. The maximum absolute atomic E-state index is 11.7. The molecule has 0 fully saturated rings. The highest BCUT2D eigenvalue weighted by atomic mass is 16.5. The topological polar surface area (TPSA) is 26.3 Å². The lowest BCUT2D eigenvalue weighted by molar-refractivity contribution is -0.139. The monoisotopic (exact) mass is 352 g/mol. The Kier molecular flexibility index (Phi) is 18.9. The Hall–Kier alpha value is -0.790. The van der Waals surface area contributed by atoms with Gasteiger partial charge in [0.2, 0.25) is 0 Å². The van der Waals surface area contributed by atoms with Gasteiger partial charge in [-0.3, -0.25) is 0 Å². The third kappa shape index (κ3) is 17.8. The first kappa shape index (κ1) is 24.2. The van der Waals surface area contributed by atoms with Crippen LogP contribution in [0.25, 0.3) is 0 Å². The molecule has 0 aliphatic rings. The van der Waals surface area contributed by atoms with Gasteiger partial charge < -0.3 is 4.74 Å². The van der Waals surface area contributed by atoms with E-state index < -0.39 is 0 Å². The molecule has 0 radical (unpaired) electrons. The van der Waals surface area contributed by atoms with Crippen molar-refractivity contribution in [2.75, 3.05) is 6.61 Å². The first-order valence-electron chi connectivity index (χ1n) is 11.1. The summed E-state index contributed by atoms with van der Waals surface area (Å²) < 4.78 is 5.21. The summed E-state index contributed by atoms with van der Waals surface area (Å²) >= 11 is 0. The fourth-order valence-electron chi connectivity index (χ4n) is 2.99. The molecule has 0 rings (SSSR count). The Labute approximate surface area is 157 Å². The lowest BCUT2D eigenvalue weighted by atomic mass is 10.0. The van der Waals surface area contributed by atoms with Crippen molar-refractivity contribution in [1.82, 2.24) is 0 Å². The summed E-state index contributed by atoms with van der Waals surface area (Å²) in [6.45, 7) is 6.81. The number of hydrogen-bond donors (Lipinski definition) is 0. The number of carbonyl (C=O) groups is 1. The number of rotatable bonds is 18. The number of unbranched alkanes of at least 4 members (excludes halogenated alkanes) is 14. The molecule has 0 aromatic carbocycles. The third-order valence-corrected chi connectivity index (χ3v) is 4.81. The minimum atomic E-state index is -0.136. The highest BCUT2D eigenvalue weighted by Crippen LogP contribution is 2.13. The molecule has 0 aliphatic heterocycles. The molecule has 0 aliphatic carbocycles. The SMILES string of the molecule is CCCCCCCCCCCCCCCC=C(C)C(=O)OCCCC. The molecule has 0 bridgehead atoms. The second-order valence-electron chi connectivity index (χ2n) is 7.41. The van der Waals surface area contributed by atoms with Gasteiger partial charge in [-0.15, -0.1) is 0 Å². The molecule has 0 atom stereocenters. The zero-order valence-electron chi connectivity index (χ0n) is 17.4. The van der Waals surface area contributed by atoms with Crippen LogP contribution in [-0.4, -0.2) is 12.6 Å². The van der Waals surface area contributed by atoms with E-state index in [2.05, 4.69) is 13.8 Å². The Balaban J connectivity index is 3.32. The van der Waals surface area contributed by atoms with Gasteiger partial charge in [0.1, 0.15) is 0 Å². The second kappa shape index (κ2) is 19.5. The van der Waals surface area contributed by atoms with E-state index in [4.69, 9.17) is 4.74 Å². The van der Waals surface area contributed by atoms with Crippen LogP contribution in [0.1, 0.15) is 124 Å². The van der Waals surface area contributed by atoms with Crippen LogP contribution in [0, 0.1) is 0 Å². The number of hydrogen-bond acceptors (Lipinski definition) is 2. The summed E-state index contributed by atoms with van der Waals surface area (Å²) in [5.74, 6) is -0.136. The van der Waals surface area contributed by atoms with Crippen molar-refractivity contribution >= 4 is 5.97 Å². The summed E-state index contributed by atoms with van der Waals surface area (Å²) in [7, 11) is 0. The molecule has 0 heterocycles. The van der Waals surface area contributed by atoms with E-state index in [-0.39, 0.29) is 5.97 Å². The molecule has 0 aromatic rings. The highest BCUT2D eigenvalue weighted by Gasteiger charge is 2.04. The van der Waals surface area contributed by atoms with Gasteiger partial charge in [0.25, 0.3) is 0 Å². The van der Waals surface area contributed by atoms with Crippen molar-refractivity contribution in [1.29, 1.82) is 0 Å². The average Bonchev–Trinajstić information content (AvgIpc) is 2.61. The largest absolute Gasteiger partial charge is 0.462 e. The smallest absolute Gasteiger partial charge is 0.333 e. The summed E-state index contributed by atoms with van der Waals surface area (Å²) in [4.78, 5) is 11.7. The van der Waals surface area contributed by atoms with Crippen LogP contribution in [0.5, 0.6) is 0 Å². The fraction of sp³-hybridized carbons (Fsp3) is 0.870. The van der Waals surface area contributed by atoms with Crippen LogP contribution >= 0.6 is 0 Å². The quantitative estimate of drug-likeness (QED) is 0.143. The van der Waals surface area contributed by atoms with Gasteiger partial charge in [0.05, 0.1) is 6.61 Å². The third-order valence-electron chi connectivity index (χ3n) is 4.81. The van der Waals surface area contributed by atoms with E-state index >= 15 is 0 Å². The van der Waals surface area contributed by atoms with Gasteiger partial charge in [0, 0.05) is 5.57 Å². The van der Waals surface area contributed by atoms with Gasteiger partial charge in [-0.05, 0) is 26.2 Å². The molecule has 0 aromatic heterocycles. The predicted molar refractivity (Wildman–Crippen MR) is 110 cm³/mol. The average molecular weight is 353 g/mol. The van der Waals surface area contributed by atoms with E-state index in [1.54, 1.807) is 0 Å². The van der Waals surface area contributed by atoms with Crippen LogP contribution in [0.2, 0.25) is 0 Å². The zero-order chi connectivity index (χ0) is 18.6. The second-order valence-corrected chi connectivity index (χ2v) is 7.41. The molecule has 148 valence electrons. The predicted octanol–water partition coefficient (Wildman–Crippen LogP) is 7.76. The number of carbonyl (C=O) groups excluding carboxylic acids is 1. The van der Waals surface area contributed by atoms with Crippen molar-refractivity contribution in [2.24, 2.45) is 0 Å². The van der Waals surface area contributed by atoms with E-state index in [0.717, 1.165) is 24.8 Å². The lowest BCUT2D eigenvalue weighted by Crippen LogP contribution is -2.06. The van der Waals surface area contributed by atoms with Gasteiger partial charge in [-0.25, -0.2) is 4.79 Å². The molecule has 0 N–H and O–H groups in total. The van der Waals surface area contributed by atoms with Gasteiger partial charge >= 0.3 is 5.97 Å². The van der Waals surface area contributed by atoms with E-state index in [0.29, 0.717) is 6.61 Å². The van der Waals surface area contributed by atoms with Gasteiger partial charge in [-0.2, -0.15) is 0 Å². The summed E-state index contributed by atoms with van der Waals surface area (Å²) in [5, 5.41) is 0. The van der Waals surface area contributed by atoms with Crippen molar-refractivity contribution in [3.05, 3.63) is 11.6 Å². The van der Waals surface area contributed by atoms with E-state index in [9.17, 15) is 4.79 Å². The molecule has 0 saturated heterocycles. The summed E-state index contributed by atoms with van der Waals surface area (Å²) in [5.41, 5.74) is 0.773. The molecule has 0 spiro atoms. The molecule has 25 heavy (non-hydrogen) atoms. The van der Waals surface area contributed by atoms with Crippen LogP contribution < -0.4 is 0 Å². The Bertz CT molecular complexity index is 320. The van der Waals surface area contributed by atoms with Crippen molar-refractivity contribution in [2.45, 2.75) is 124 Å². The van der Waals surface area contributed by atoms with Gasteiger partial charge in [0.15, 0.2) is 0 Å². The maximum Gasteiger partial charge on any atom is 0.333 e. The Morgan fingerprint density at radius 3 is 1.60 bits per heavy atom. The Morgan fingerprint density at radius 2 is 1.12 bits per heavy atom. The molecular weight excluding hydrogens is 308 g/mol. The number of ether oxygens (including phenoxy) is 1. The first-order valence-corrected chi connectivity index (χ1v) is 11.1. The van der Waals surface area contributed by atoms with Crippen LogP contribution in [0.15, 0.2) is 11.6 Å². The van der Waals surface area contributed by atoms with Crippen molar-refractivity contribution in [3.63, 3.8) is 0 Å². The molecule has 2 nitrogen and oxygen atoms in total. The maximum atomic E-state index is 11.7. The minimum absolute atomic E-state index is 0.136. The Morgan fingerprint density at radius 1 is 0.680 bits per heavy atom. The normalized spacial score (nSPS) is 11.7. The molecule has 0 unspecified atom stereocenters. The molecule has 2 heteroatoms. The van der Waals surface area contributed by atoms with Crippen LogP contribution in [0.4, 0.5) is 0 Å². The number of esters is 1. The fourth-order valence-corrected chi connectivity index (χ4v) is 2.99. The highest BCUT2D eigenvalue weighted by molar-refractivity contribution is 5.87. The minimum Gasteiger partial charge on any atom is -0.462 e. The van der Waals surface area contributed by atoms with E-state index in [1.807, 2.05) is 13.0 Å². The van der Waals surface area contributed by atoms with Gasteiger partial charge in [-0.1, -0.05) is 103 Å². The van der Waals surface area contributed by atoms with Crippen molar-refractivity contribution < 1.29 is 9.53 Å². The van der Waals surface area contributed by atoms with E-state index in [1.165, 1.54) is 83.5 Å². The molecular formula is C23H44O2. The summed E-state index contributed by atoms with van der Waals surface area (Å²) in [6.07, 6.45) is 23.0. The number of allylic oxidation sites excluding steroid dienone is 1. The van der Waals surface area contributed by atoms with Crippen LogP contribution in [0.3, 0.4) is 0 Å². The van der Waals surface area contributed by atoms with Crippen molar-refractivity contribution in [3.8, 4) is 0 Å². The molecule has 0 saturated carbocycles.